The third kappa shape index (κ3) is 4.65. The number of methoxy groups -OCH3 is 2. The number of likely N-dealkylation sites (N-methyl/N-ethyl adjacent to an activating group) is 1. The largest absolute Gasteiger partial charge is 0.493 e. The first-order valence-corrected chi connectivity index (χ1v) is 10.1. The van der Waals surface area contributed by atoms with Gasteiger partial charge >= 0.3 is 0 Å². The molecule has 1 aromatic heterocycles. The molecule has 0 aliphatic rings. The molecule has 29 heavy (non-hydrogen) atoms. The van der Waals surface area contributed by atoms with Crippen molar-refractivity contribution in [2.45, 2.75) is 6.42 Å². The summed E-state index contributed by atoms with van der Waals surface area (Å²) < 4.78 is 13.6. The van der Waals surface area contributed by atoms with Crippen LogP contribution < -0.4 is 9.47 Å². The summed E-state index contributed by atoms with van der Waals surface area (Å²) in [6, 6.07) is 17.8. The highest BCUT2D eigenvalue weighted by Crippen LogP contribution is 2.28. The van der Waals surface area contributed by atoms with Crippen LogP contribution >= 0.6 is 15.9 Å². The zero-order valence-corrected chi connectivity index (χ0v) is 18.7. The molecule has 3 rings (SSSR count). The van der Waals surface area contributed by atoms with E-state index in [0.29, 0.717) is 23.7 Å². The highest BCUT2D eigenvalue weighted by atomic mass is 79.9. The monoisotopic (exact) mass is 456 g/mol. The first-order valence-electron chi connectivity index (χ1n) is 9.32. The normalized spacial score (nSPS) is 10.7. The number of amides is 1. The summed E-state index contributed by atoms with van der Waals surface area (Å²) in [6.45, 7) is 0.603. The quantitative estimate of drug-likeness (QED) is 0.513. The van der Waals surface area contributed by atoms with E-state index in [1.165, 1.54) is 0 Å². The summed E-state index contributed by atoms with van der Waals surface area (Å²) >= 11 is 3.50. The van der Waals surface area contributed by atoms with Gasteiger partial charge in [-0.3, -0.25) is 4.79 Å². The van der Waals surface area contributed by atoms with Crippen molar-refractivity contribution in [1.82, 2.24) is 9.47 Å². The van der Waals surface area contributed by atoms with E-state index in [2.05, 4.69) is 15.9 Å². The van der Waals surface area contributed by atoms with Crippen LogP contribution in [0.4, 0.5) is 0 Å². The maximum absolute atomic E-state index is 13.0. The summed E-state index contributed by atoms with van der Waals surface area (Å²) in [5.74, 6) is 1.39. The Kier molecular flexibility index (Phi) is 6.64. The van der Waals surface area contributed by atoms with Gasteiger partial charge in [0.2, 0.25) is 0 Å². The van der Waals surface area contributed by atoms with Crippen molar-refractivity contribution in [1.29, 1.82) is 0 Å². The molecular weight excluding hydrogens is 432 g/mol. The minimum Gasteiger partial charge on any atom is -0.493 e. The summed E-state index contributed by atoms with van der Waals surface area (Å²) in [7, 11) is 6.99. The van der Waals surface area contributed by atoms with Crippen LogP contribution in [0, 0.1) is 0 Å². The van der Waals surface area contributed by atoms with Crippen molar-refractivity contribution in [2.75, 3.05) is 27.8 Å². The molecule has 0 atom stereocenters. The zero-order valence-electron chi connectivity index (χ0n) is 17.1. The van der Waals surface area contributed by atoms with Crippen LogP contribution in [0.2, 0.25) is 0 Å². The number of benzene rings is 2. The molecule has 0 saturated heterocycles. The molecule has 1 heterocycles. The van der Waals surface area contributed by atoms with E-state index in [4.69, 9.17) is 9.47 Å². The number of hydrogen-bond donors (Lipinski definition) is 0. The Morgan fingerprint density at radius 3 is 2.48 bits per heavy atom. The topological polar surface area (TPSA) is 43.7 Å². The highest BCUT2D eigenvalue weighted by Gasteiger charge is 2.17. The third-order valence-corrected chi connectivity index (χ3v) is 5.49. The van der Waals surface area contributed by atoms with Gasteiger partial charge in [0.25, 0.3) is 5.91 Å². The maximum Gasteiger partial charge on any atom is 0.270 e. The predicted octanol–water partition coefficient (Wildman–Crippen LogP) is 4.79. The number of aromatic nitrogens is 1. The first kappa shape index (κ1) is 21.0. The van der Waals surface area contributed by atoms with Crippen molar-refractivity contribution in [3.8, 4) is 22.8 Å². The fourth-order valence-electron chi connectivity index (χ4n) is 3.29. The molecule has 0 aliphatic carbocycles. The molecule has 152 valence electrons. The second kappa shape index (κ2) is 9.18. The van der Waals surface area contributed by atoms with Crippen LogP contribution in [-0.4, -0.2) is 43.2 Å². The maximum atomic E-state index is 13.0. The Hall–Kier alpha value is -2.73. The third-order valence-electron chi connectivity index (χ3n) is 4.99. The summed E-state index contributed by atoms with van der Waals surface area (Å²) in [5, 5.41) is 0. The number of carbonyl (C=O) groups excluding carboxylic acids is 1. The van der Waals surface area contributed by atoms with Crippen LogP contribution in [0.15, 0.2) is 59.1 Å². The molecule has 3 aromatic rings. The van der Waals surface area contributed by atoms with Gasteiger partial charge in [-0.15, -0.1) is 0 Å². The van der Waals surface area contributed by atoms with E-state index < -0.39 is 0 Å². The van der Waals surface area contributed by atoms with Gasteiger partial charge in [0.1, 0.15) is 5.69 Å². The molecule has 6 heteroatoms. The van der Waals surface area contributed by atoms with Gasteiger partial charge in [0.05, 0.1) is 14.2 Å². The minimum absolute atomic E-state index is 0.00535. The van der Waals surface area contributed by atoms with Gasteiger partial charge in [-0.2, -0.15) is 0 Å². The minimum atomic E-state index is -0.00535. The molecule has 0 bridgehead atoms. The zero-order chi connectivity index (χ0) is 21.0. The molecule has 5 nitrogen and oxygen atoms in total. The van der Waals surface area contributed by atoms with Gasteiger partial charge < -0.3 is 18.9 Å². The fourth-order valence-corrected chi connectivity index (χ4v) is 3.69. The van der Waals surface area contributed by atoms with E-state index in [-0.39, 0.29) is 5.91 Å². The number of hydrogen-bond acceptors (Lipinski definition) is 3. The number of nitrogens with zero attached hydrogens (tertiary/aromatic N) is 2. The number of halogens is 1. The summed E-state index contributed by atoms with van der Waals surface area (Å²) in [5.41, 5.74) is 3.82. The first-order chi connectivity index (χ1) is 13.9. The van der Waals surface area contributed by atoms with Gasteiger partial charge in [-0.25, -0.2) is 0 Å². The Balaban J connectivity index is 1.71. The highest BCUT2D eigenvalue weighted by molar-refractivity contribution is 9.10. The van der Waals surface area contributed by atoms with E-state index in [9.17, 15) is 4.79 Å². The molecule has 0 N–H and O–H groups in total. The van der Waals surface area contributed by atoms with Crippen molar-refractivity contribution in [3.63, 3.8) is 0 Å². The second-order valence-corrected chi connectivity index (χ2v) is 7.75. The van der Waals surface area contributed by atoms with E-state index in [1.807, 2.05) is 73.3 Å². The summed E-state index contributed by atoms with van der Waals surface area (Å²) in [4.78, 5) is 14.7. The van der Waals surface area contributed by atoms with E-state index in [0.717, 1.165) is 27.7 Å². The van der Waals surface area contributed by atoms with Crippen molar-refractivity contribution in [2.24, 2.45) is 7.05 Å². The lowest BCUT2D eigenvalue weighted by Gasteiger charge is -2.18. The Morgan fingerprint density at radius 2 is 1.79 bits per heavy atom. The number of rotatable bonds is 7. The molecule has 2 aromatic carbocycles. The van der Waals surface area contributed by atoms with Crippen molar-refractivity contribution in [3.05, 3.63) is 70.3 Å². The number of carbonyl (C=O) groups is 1. The Morgan fingerprint density at radius 1 is 1.03 bits per heavy atom. The Labute approximate surface area is 180 Å². The van der Waals surface area contributed by atoms with Gasteiger partial charge in [0, 0.05) is 30.8 Å². The molecule has 0 aliphatic heterocycles. The molecule has 0 fully saturated rings. The van der Waals surface area contributed by atoms with Crippen molar-refractivity contribution >= 4 is 21.8 Å². The SMILES string of the molecule is COc1ccc(CCN(C)C(=O)c2ccc(-c3cccc(Br)c3)n2C)cc1OC. The van der Waals surface area contributed by atoms with Crippen LogP contribution in [0.5, 0.6) is 11.5 Å². The molecule has 1 amide bonds. The Bertz CT molecular complexity index is 1010. The average molecular weight is 457 g/mol. The lowest BCUT2D eigenvalue weighted by atomic mass is 10.1. The van der Waals surface area contributed by atoms with E-state index >= 15 is 0 Å². The second-order valence-electron chi connectivity index (χ2n) is 6.84. The van der Waals surface area contributed by atoms with Crippen LogP contribution in [0.25, 0.3) is 11.3 Å². The van der Waals surface area contributed by atoms with E-state index in [1.54, 1.807) is 19.1 Å². The predicted molar refractivity (Wildman–Crippen MR) is 119 cm³/mol. The standard InChI is InChI=1S/C23H25BrN2O3/c1-25(13-12-16-8-11-21(28-3)22(14-16)29-4)23(27)20-10-9-19(26(20)2)17-6-5-7-18(24)15-17/h5-11,14-15H,12-13H2,1-4H3. The molecule has 0 radical (unpaired) electrons. The van der Waals surface area contributed by atoms with Crippen LogP contribution in [-0.2, 0) is 13.5 Å². The lowest BCUT2D eigenvalue weighted by molar-refractivity contribution is 0.0787. The molecule has 0 spiro atoms. The average Bonchev–Trinajstić information content (AvgIpc) is 3.12. The van der Waals surface area contributed by atoms with Crippen LogP contribution in [0.3, 0.4) is 0 Å². The van der Waals surface area contributed by atoms with Gasteiger partial charge in [-0.1, -0.05) is 34.1 Å². The number of ether oxygens (including phenoxy) is 2. The van der Waals surface area contributed by atoms with Gasteiger partial charge in [-0.05, 0) is 53.9 Å². The van der Waals surface area contributed by atoms with Crippen LogP contribution in [0.1, 0.15) is 16.1 Å². The molecular formula is C23H25BrN2O3. The molecule has 0 unspecified atom stereocenters. The fraction of sp³-hybridized carbons (Fsp3) is 0.261. The lowest BCUT2D eigenvalue weighted by Crippen LogP contribution is -2.30. The van der Waals surface area contributed by atoms with Crippen molar-refractivity contribution < 1.29 is 14.3 Å². The molecule has 0 saturated carbocycles. The smallest absolute Gasteiger partial charge is 0.270 e. The summed E-state index contributed by atoms with van der Waals surface area (Å²) in [6.07, 6.45) is 0.728. The van der Waals surface area contributed by atoms with Gasteiger partial charge in [0.15, 0.2) is 11.5 Å².